The average Bonchev–Trinajstić information content (AvgIpc) is 2.73. The van der Waals surface area contributed by atoms with Gasteiger partial charge >= 0.3 is 5.97 Å². The first kappa shape index (κ1) is 19.4. The summed E-state index contributed by atoms with van der Waals surface area (Å²) in [6.45, 7) is 0.243. The predicted molar refractivity (Wildman–Crippen MR) is 105 cm³/mol. The number of benzene rings is 3. The molecular weight excluding hydrogens is 358 g/mol. The van der Waals surface area contributed by atoms with E-state index in [2.05, 4.69) is 5.32 Å². The van der Waals surface area contributed by atoms with Crippen LogP contribution in [0.3, 0.4) is 0 Å². The van der Waals surface area contributed by atoms with Crippen molar-refractivity contribution in [2.24, 2.45) is 0 Å². The molecule has 0 heterocycles. The highest BCUT2D eigenvalue weighted by Gasteiger charge is 2.24. The first-order valence-electron chi connectivity index (χ1n) is 8.81. The molecule has 144 valence electrons. The van der Waals surface area contributed by atoms with E-state index < -0.39 is 17.9 Å². The van der Waals surface area contributed by atoms with Crippen LogP contribution in [0.1, 0.15) is 15.9 Å². The molecule has 6 heteroatoms. The van der Waals surface area contributed by atoms with Crippen molar-refractivity contribution in [3.05, 3.63) is 77.9 Å². The number of hydrogen-bond donors (Lipinski definition) is 2. The molecule has 0 aliphatic heterocycles. The maximum absolute atomic E-state index is 12.6. The third-order valence-corrected chi connectivity index (χ3v) is 4.33. The van der Waals surface area contributed by atoms with Crippen LogP contribution in [0.4, 0.5) is 0 Å². The van der Waals surface area contributed by atoms with E-state index in [4.69, 9.17) is 9.47 Å². The highest BCUT2D eigenvalue weighted by atomic mass is 16.5. The smallest absolute Gasteiger partial charge is 0.330 e. The lowest BCUT2D eigenvalue weighted by Crippen LogP contribution is -2.44. The Labute approximate surface area is 162 Å². The number of carbonyl (C=O) groups excluding carboxylic acids is 2. The van der Waals surface area contributed by atoms with Crippen LogP contribution >= 0.6 is 0 Å². The minimum absolute atomic E-state index is 0.0539. The lowest BCUT2D eigenvalue weighted by atomic mass is 10.0. The molecule has 3 rings (SSSR count). The topological polar surface area (TPSA) is 84.9 Å². The van der Waals surface area contributed by atoms with Gasteiger partial charge in [0.15, 0.2) is 6.04 Å². The molecule has 0 unspecified atom stereocenters. The summed E-state index contributed by atoms with van der Waals surface area (Å²) in [5, 5.41) is 14.4. The van der Waals surface area contributed by atoms with Crippen LogP contribution in [0, 0.1) is 0 Å². The summed E-state index contributed by atoms with van der Waals surface area (Å²) in [5.41, 5.74) is 1.03. The highest BCUT2D eigenvalue weighted by molar-refractivity contribution is 6.04. The number of ether oxygens (including phenoxy) is 2. The van der Waals surface area contributed by atoms with Crippen LogP contribution in [0.5, 0.6) is 5.75 Å². The number of aromatic hydroxyl groups is 1. The molecule has 0 bridgehead atoms. The predicted octanol–water partition coefficient (Wildman–Crippen LogP) is 3.03. The molecule has 0 saturated carbocycles. The minimum atomic E-state index is -0.993. The molecule has 0 spiro atoms. The lowest BCUT2D eigenvalue weighted by molar-refractivity contribution is -0.144. The van der Waals surface area contributed by atoms with Crippen LogP contribution in [-0.4, -0.2) is 36.7 Å². The molecule has 0 aliphatic rings. The summed E-state index contributed by atoms with van der Waals surface area (Å²) in [6, 6.07) is 18.9. The maximum Gasteiger partial charge on any atom is 0.330 e. The Hall–Kier alpha value is -3.38. The Morgan fingerprint density at radius 2 is 1.71 bits per heavy atom. The summed E-state index contributed by atoms with van der Waals surface area (Å²) in [5.74, 6) is -1.34. The largest absolute Gasteiger partial charge is 0.506 e. The molecular formula is C22H21NO5. The summed E-state index contributed by atoms with van der Waals surface area (Å²) in [4.78, 5) is 24.7. The molecule has 3 aromatic rings. The third kappa shape index (κ3) is 4.47. The summed E-state index contributed by atoms with van der Waals surface area (Å²) in [7, 11) is 1.24. The zero-order valence-electron chi connectivity index (χ0n) is 15.4. The Bertz CT molecular complexity index is 971. The van der Waals surface area contributed by atoms with Crippen molar-refractivity contribution < 1.29 is 24.2 Å². The van der Waals surface area contributed by atoms with Crippen molar-refractivity contribution in [1.29, 1.82) is 0 Å². The number of phenolic OH excluding ortho intramolecular Hbond substituents is 1. The quantitative estimate of drug-likeness (QED) is 0.617. The van der Waals surface area contributed by atoms with Crippen molar-refractivity contribution in [2.75, 3.05) is 13.7 Å². The molecule has 1 atom stereocenters. The van der Waals surface area contributed by atoms with Gasteiger partial charge in [0.2, 0.25) is 0 Å². The van der Waals surface area contributed by atoms with Crippen molar-refractivity contribution in [2.45, 2.75) is 12.6 Å². The van der Waals surface area contributed by atoms with Gasteiger partial charge in [0.1, 0.15) is 5.75 Å². The molecule has 6 nitrogen and oxygen atoms in total. The van der Waals surface area contributed by atoms with Gasteiger partial charge < -0.3 is 19.9 Å². The summed E-state index contributed by atoms with van der Waals surface area (Å²) >= 11 is 0. The second kappa shape index (κ2) is 9.01. The van der Waals surface area contributed by atoms with Gasteiger partial charge in [-0.1, -0.05) is 60.7 Å². The Morgan fingerprint density at radius 1 is 1.00 bits per heavy atom. The van der Waals surface area contributed by atoms with Crippen molar-refractivity contribution in [3.8, 4) is 5.75 Å². The van der Waals surface area contributed by atoms with E-state index in [0.29, 0.717) is 12.0 Å². The first-order chi connectivity index (χ1) is 13.6. The number of fused-ring (bicyclic) bond motifs is 1. The molecule has 2 N–H and O–H groups in total. The molecule has 28 heavy (non-hydrogen) atoms. The van der Waals surface area contributed by atoms with Crippen LogP contribution in [0.2, 0.25) is 0 Å². The molecule has 0 aliphatic carbocycles. The number of methoxy groups -OCH3 is 1. The van der Waals surface area contributed by atoms with Crippen LogP contribution in [0.15, 0.2) is 66.7 Å². The molecule has 0 fully saturated rings. The Morgan fingerprint density at radius 3 is 2.46 bits per heavy atom. The number of amides is 1. The van der Waals surface area contributed by atoms with Gasteiger partial charge in [-0.3, -0.25) is 4.79 Å². The zero-order valence-corrected chi connectivity index (χ0v) is 15.4. The standard InChI is InChI=1S/C22H21NO5/c1-27-22(26)19(14-28-13-15-7-3-2-4-8-15)23-21(25)18-12-11-16-9-5-6-10-17(16)20(18)24/h2-12,19,24H,13-14H2,1H3,(H,23,25)/t19-/m0/s1. The fraction of sp³-hybridized carbons (Fsp3) is 0.182. The van der Waals surface area contributed by atoms with Crippen molar-refractivity contribution >= 4 is 22.6 Å². The van der Waals surface area contributed by atoms with Gasteiger partial charge in [-0.15, -0.1) is 0 Å². The third-order valence-electron chi connectivity index (χ3n) is 4.33. The lowest BCUT2D eigenvalue weighted by Gasteiger charge is -2.17. The van der Waals surface area contributed by atoms with Gasteiger partial charge in [0, 0.05) is 5.39 Å². The van der Waals surface area contributed by atoms with E-state index in [1.165, 1.54) is 13.2 Å². The van der Waals surface area contributed by atoms with Gasteiger partial charge in [0.25, 0.3) is 5.91 Å². The van der Waals surface area contributed by atoms with Crippen molar-refractivity contribution in [3.63, 3.8) is 0 Å². The summed E-state index contributed by atoms with van der Waals surface area (Å²) in [6.07, 6.45) is 0. The SMILES string of the molecule is COC(=O)[C@H](COCc1ccccc1)NC(=O)c1ccc2ccccc2c1O. The molecule has 0 aromatic heterocycles. The van der Waals surface area contributed by atoms with Crippen LogP contribution < -0.4 is 5.32 Å². The minimum Gasteiger partial charge on any atom is -0.506 e. The van der Waals surface area contributed by atoms with E-state index in [1.54, 1.807) is 18.2 Å². The number of hydrogen-bond acceptors (Lipinski definition) is 5. The fourth-order valence-electron chi connectivity index (χ4n) is 2.85. The fourth-order valence-corrected chi connectivity index (χ4v) is 2.85. The molecule has 0 saturated heterocycles. The van der Waals surface area contributed by atoms with E-state index >= 15 is 0 Å². The van der Waals surface area contributed by atoms with E-state index in [0.717, 1.165) is 10.9 Å². The molecule has 3 aromatic carbocycles. The van der Waals surface area contributed by atoms with E-state index in [1.807, 2.05) is 42.5 Å². The number of esters is 1. The summed E-state index contributed by atoms with van der Waals surface area (Å²) < 4.78 is 10.3. The monoisotopic (exact) mass is 379 g/mol. The highest BCUT2D eigenvalue weighted by Crippen LogP contribution is 2.28. The number of nitrogens with one attached hydrogen (secondary N) is 1. The van der Waals surface area contributed by atoms with Gasteiger partial charge in [0.05, 0.1) is 25.9 Å². The second-order valence-corrected chi connectivity index (χ2v) is 6.23. The zero-order chi connectivity index (χ0) is 19.9. The molecule has 0 radical (unpaired) electrons. The maximum atomic E-state index is 12.6. The number of rotatable bonds is 7. The van der Waals surface area contributed by atoms with Crippen LogP contribution in [0.25, 0.3) is 10.8 Å². The first-order valence-corrected chi connectivity index (χ1v) is 8.81. The Balaban J connectivity index is 1.71. The van der Waals surface area contributed by atoms with E-state index in [-0.39, 0.29) is 17.9 Å². The van der Waals surface area contributed by atoms with E-state index in [9.17, 15) is 14.7 Å². The molecule has 1 amide bonds. The van der Waals surface area contributed by atoms with Gasteiger partial charge in [-0.25, -0.2) is 4.79 Å². The van der Waals surface area contributed by atoms with Crippen LogP contribution in [-0.2, 0) is 20.9 Å². The number of carbonyl (C=O) groups is 2. The van der Waals surface area contributed by atoms with Gasteiger partial charge in [-0.05, 0) is 17.0 Å². The normalized spacial score (nSPS) is 11.8. The van der Waals surface area contributed by atoms with Crippen molar-refractivity contribution in [1.82, 2.24) is 5.32 Å². The second-order valence-electron chi connectivity index (χ2n) is 6.23. The average molecular weight is 379 g/mol. The van der Waals surface area contributed by atoms with Gasteiger partial charge in [-0.2, -0.15) is 0 Å². The number of phenols is 1. The Kier molecular flexibility index (Phi) is 6.24.